The number of pyridine rings is 1. The predicted molar refractivity (Wildman–Crippen MR) is 88.8 cm³/mol. The van der Waals surface area contributed by atoms with Gasteiger partial charge < -0.3 is 21.5 Å². The zero-order chi connectivity index (χ0) is 19.6. The lowest BCUT2D eigenvalue weighted by molar-refractivity contribution is -0.192. The van der Waals surface area contributed by atoms with Gasteiger partial charge in [-0.3, -0.25) is 0 Å². The van der Waals surface area contributed by atoms with Crippen LogP contribution in [0.5, 0.6) is 0 Å². The number of carboxylic acid groups (broad SMARTS) is 1. The Balaban J connectivity index is 0.000000298. The molecule has 0 saturated heterocycles. The van der Waals surface area contributed by atoms with Gasteiger partial charge >= 0.3 is 12.1 Å². The number of halogens is 3. The van der Waals surface area contributed by atoms with Crippen LogP contribution < -0.4 is 16.4 Å². The standard InChI is InChI=1S/C14H13N5.C2HF3O2/c1-19-11-5-3-2-4-8(11)6-9-12(16)10(7-15)13(17)18-14(9)19;3-2(4,5)1(6)7/h2-5H,6H2,1H3,(H4,16,17,18);(H,6,7). The minimum absolute atomic E-state index is 0.185. The number of para-hydroxylation sites is 1. The lowest BCUT2D eigenvalue weighted by atomic mass is 9.96. The van der Waals surface area contributed by atoms with Crippen LogP contribution in [0, 0.1) is 11.3 Å². The van der Waals surface area contributed by atoms with Crippen molar-refractivity contribution in [3.05, 3.63) is 41.0 Å². The van der Waals surface area contributed by atoms with Crippen molar-refractivity contribution in [1.29, 1.82) is 5.26 Å². The van der Waals surface area contributed by atoms with E-state index in [9.17, 15) is 13.2 Å². The van der Waals surface area contributed by atoms with Crippen LogP contribution in [0.1, 0.15) is 16.7 Å². The van der Waals surface area contributed by atoms with Gasteiger partial charge in [0.25, 0.3) is 0 Å². The fraction of sp³-hybridized carbons (Fsp3) is 0.188. The molecule has 1 aliphatic heterocycles. The first-order valence-electron chi connectivity index (χ1n) is 7.17. The number of nitriles is 1. The summed E-state index contributed by atoms with van der Waals surface area (Å²) < 4.78 is 31.7. The van der Waals surface area contributed by atoms with Gasteiger partial charge in [-0.1, -0.05) is 18.2 Å². The number of nitrogens with two attached hydrogens (primary N) is 2. The van der Waals surface area contributed by atoms with Gasteiger partial charge in [0.15, 0.2) is 0 Å². The van der Waals surface area contributed by atoms with Crippen LogP contribution in [-0.2, 0) is 11.2 Å². The molecule has 136 valence electrons. The number of aromatic nitrogens is 1. The molecule has 1 aromatic carbocycles. The van der Waals surface area contributed by atoms with Crippen molar-refractivity contribution in [2.24, 2.45) is 0 Å². The van der Waals surface area contributed by atoms with E-state index >= 15 is 0 Å². The zero-order valence-electron chi connectivity index (χ0n) is 13.5. The number of nitrogens with zero attached hydrogens (tertiary/aromatic N) is 3. The molecule has 0 atom stereocenters. The number of carboxylic acids is 1. The lowest BCUT2D eigenvalue weighted by Crippen LogP contribution is -2.22. The van der Waals surface area contributed by atoms with Gasteiger partial charge in [0.2, 0.25) is 0 Å². The van der Waals surface area contributed by atoms with E-state index in [4.69, 9.17) is 26.6 Å². The predicted octanol–water partition coefficient (Wildman–Crippen LogP) is 2.42. The number of fused-ring (bicyclic) bond motifs is 2. The van der Waals surface area contributed by atoms with E-state index in [1.54, 1.807) is 0 Å². The molecule has 2 heterocycles. The number of nitrogen functional groups attached to an aromatic ring is 2. The second kappa shape index (κ2) is 6.79. The van der Waals surface area contributed by atoms with Crippen molar-refractivity contribution in [1.82, 2.24) is 4.98 Å². The van der Waals surface area contributed by atoms with Crippen LogP contribution in [0.15, 0.2) is 24.3 Å². The van der Waals surface area contributed by atoms with Crippen LogP contribution in [0.2, 0.25) is 0 Å². The summed E-state index contributed by atoms with van der Waals surface area (Å²) in [5, 5.41) is 16.2. The lowest BCUT2D eigenvalue weighted by Gasteiger charge is -2.30. The van der Waals surface area contributed by atoms with E-state index in [1.165, 1.54) is 5.56 Å². The average molecular weight is 365 g/mol. The summed E-state index contributed by atoms with van der Waals surface area (Å²) in [6, 6.07) is 10.1. The summed E-state index contributed by atoms with van der Waals surface area (Å²) in [5.41, 5.74) is 15.7. The third kappa shape index (κ3) is 3.46. The summed E-state index contributed by atoms with van der Waals surface area (Å²) >= 11 is 0. The van der Waals surface area contributed by atoms with E-state index in [0.29, 0.717) is 12.1 Å². The third-order valence-electron chi connectivity index (χ3n) is 3.74. The number of hydrogen-bond donors (Lipinski definition) is 3. The van der Waals surface area contributed by atoms with Crippen molar-refractivity contribution >= 4 is 29.0 Å². The Bertz CT molecular complexity index is 906. The number of carbonyl (C=O) groups is 1. The van der Waals surface area contributed by atoms with Crippen molar-refractivity contribution in [2.45, 2.75) is 12.6 Å². The average Bonchev–Trinajstić information content (AvgIpc) is 2.56. The topological polar surface area (TPSA) is 129 Å². The molecule has 0 spiro atoms. The highest BCUT2D eigenvalue weighted by molar-refractivity contribution is 5.81. The zero-order valence-corrected chi connectivity index (χ0v) is 13.5. The largest absolute Gasteiger partial charge is 0.490 e. The van der Waals surface area contributed by atoms with Gasteiger partial charge in [-0.05, 0) is 11.6 Å². The molecular weight excluding hydrogens is 351 g/mol. The Morgan fingerprint density at radius 1 is 1.35 bits per heavy atom. The highest BCUT2D eigenvalue weighted by atomic mass is 19.4. The Morgan fingerprint density at radius 3 is 2.46 bits per heavy atom. The molecule has 0 radical (unpaired) electrons. The molecular formula is C16H14F3N5O2. The second-order valence-electron chi connectivity index (χ2n) is 5.37. The first-order valence-corrected chi connectivity index (χ1v) is 7.17. The fourth-order valence-corrected chi connectivity index (χ4v) is 2.51. The molecule has 1 aromatic heterocycles. The Labute approximate surface area is 146 Å². The summed E-state index contributed by atoms with van der Waals surface area (Å²) in [4.78, 5) is 15.2. The molecule has 0 bridgehead atoms. The number of alkyl halides is 3. The summed E-state index contributed by atoms with van der Waals surface area (Å²) in [7, 11) is 1.93. The fourth-order valence-electron chi connectivity index (χ4n) is 2.51. The molecule has 7 nitrogen and oxygen atoms in total. The van der Waals surface area contributed by atoms with Crippen molar-refractivity contribution < 1.29 is 23.1 Å². The van der Waals surface area contributed by atoms with Crippen molar-refractivity contribution in [2.75, 3.05) is 23.4 Å². The van der Waals surface area contributed by atoms with Crippen LogP contribution in [0.3, 0.4) is 0 Å². The summed E-state index contributed by atoms with van der Waals surface area (Å²) in [6.07, 6.45) is -4.41. The van der Waals surface area contributed by atoms with Crippen LogP contribution >= 0.6 is 0 Å². The normalized spacial score (nSPS) is 12.2. The SMILES string of the molecule is CN1c2ccccc2Cc2c1nc(N)c(C#N)c2N.O=C(O)C(F)(F)F. The van der Waals surface area contributed by atoms with Gasteiger partial charge in [-0.25, -0.2) is 9.78 Å². The first kappa shape index (κ1) is 18.9. The molecule has 2 aromatic rings. The van der Waals surface area contributed by atoms with Crippen molar-refractivity contribution in [3.8, 4) is 6.07 Å². The maximum atomic E-state index is 10.6. The maximum absolute atomic E-state index is 10.6. The van der Waals surface area contributed by atoms with Gasteiger partial charge in [0.05, 0.1) is 5.69 Å². The van der Waals surface area contributed by atoms with E-state index < -0.39 is 12.1 Å². The van der Waals surface area contributed by atoms with Gasteiger partial charge in [0, 0.05) is 24.7 Å². The summed E-state index contributed by atoms with van der Waals surface area (Å²) in [6.45, 7) is 0. The molecule has 0 fully saturated rings. The number of anilines is 4. The molecule has 26 heavy (non-hydrogen) atoms. The van der Waals surface area contributed by atoms with Crippen LogP contribution in [0.4, 0.5) is 36.2 Å². The third-order valence-corrected chi connectivity index (χ3v) is 3.74. The van der Waals surface area contributed by atoms with Gasteiger partial charge in [0.1, 0.15) is 23.3 Å². The minimum atomic E-state index is -5.08. The van der Waals surface area contributed by atoms with Gasteiger partial charge in [-0.2, -0.15) is 18.4 Å². The highest BCUT2D eigenvalue weighted by Crippen LogP contribution is 2.40. The smallest absolute Gasteiger partial charge is 0.475 e. The number of benzene rings is 1. The van der Waals surface area contributed by atoms with E-state index in [1.807, 2.05) is 36.2 Å². The molecule has 0 saturated carbocycles. The Kier molecular flexibility index (Phi) is 4.93. The van der Waals surface area contributed by atoms with E-state index in [-0.39, 0.29) is 11.4 Å². The maximum Gasteiger partial charge on any atom is 0.490 e. The van der Waals surface area contributed by atoms with E-state index in [0.717, 1.165) is 17.1 Å². The van der Waals surface area contributed by atoms with Crippen molar-refractivity contribution in [3.63, 3.8) is 0 Å². The molecule has 0 amide bonds. The Morgan fingerprint density at radius 2 is 1.92 bits per heavy atom. The minimum Gasteiger partial charge on any atom is -0.475 e. The quantitative estimate of drug-likeness (QED) is 0.654. The molecule has 1 aliphatic rings. The molecule has 3 rings (SSSR count). The van der Waals surface area contributed by atoms with Crippen LogP contribution in [0.25, 0.3) is 0 Å². The number of aliphatic carboxylic acids is 1. The molecule has 0 aliphatic carbocycles. The molecule has 10 heteroatoms. The Hall–Kier alpha value is -3.48. The molecule has 5 N–H and O–H groups in total. The summed E-state index contributed by atoms with van der Waals surface area (Å²) in [5.74, 6) is -1.84. The van der Waals surface area contributed by atoms with Gasteiger partial charge in [-0.15, -0.1) is 0 Å². The highest BCUT2D eigenvalue weighted by Gasteiger charge is 2.38. The monoisotopic (exact) mass is 365 g/mol. The second-order valence-corrected chi connectivity index (χ2v) is 5.37. The molecule has 0 unspecified atom stereocenters. The number of hydrogen-bond acceptors (Lipinski definition) is 6. The number of rotatable bonds is 0. The first-order chi connectivity index (χ1) is 12.1. The van der Waals surface area contributed by atoms with Crippen LogP contribution in [-0.4, -0.2) is 29.3 Å². The van der Waals surface area contributed by atoms with E-state index in [2.05, 4.69) is 11.1 Å².